The largest absolute Gasteiger partial charge is 0.334 e. The maximum absolute atomic E-state index is 11.7. The highest BCUT2D eigenvalue weighted by molar-refractivity contribution is 7.99. The summed E-state index contributed by atoms with van der Waals surface area (Å²) in [7, 11) is 0. The third kappa shape index (κ3) is 3.50. The van der Waals surface area contributed by atoms with Gasteiger partial charge in [0.15, 0.2) is 5.78 Å². The zero-order chi connectivity index (χ0) is 13.0. The quantitative estimate of drug-likeness (QED) is 0.825. The van der Waals surface area contributed by atoms with E-state index in [1.165, 1.54) is 6.92 Å². The van der Waals surface area contributed by atoms with Gasteiger partial charge in [-0.15, -0.1) is 0 Å². The summed E-state index contributed by atoms with van der Waals surface area (Å²) in [4.78, 5) is 22.8. The van der Waals surface area contributed by atoms with Gasteiger partial charge in [0.25, 0.3) is 0 Å². The Morgan fingerprint density at radius 3 is 2.56 bits per heavy atom. The van der Waals surface area contributed by atoms with Crippen molar-refractivity contribution in [1.82, 2.24) is 5.32 Å². The standard InChI is InChI=1S/C13H16N2O2S/c1-9(16)10-2-4-11(5-3-10)14-13(17)15-12-6-7-18-8-12/h2-5,12H,6-8H2,1H3,(H2,14,15,17)/t12-/m0/s1. The summed E-state index contributed by atoms with van der Waals surface area (Å²) in [6.45, 7) is 1.52. The van der Waals surface area contributed by atoms with Gasteiger partial charge in [-0.1, -0.05) is 0 Å². The van der Waals surface area contributed by atoms with Crippen LogP contribution in [0.4, 0.5) is 10.5 Å². The predicted octanol–water partition coefficient (Wildman–Crippen LogP) is 2.52. The minimum atomic E-state index is -0.182. The summed E-state index contributed by atoms with van der Waals surface area (Å²) in [5.74, 6) is 2.11. The molecule has 1 aliphatic rings. The highest BCUT2D eigenvalue weighted by atomic mass is 32.2. The van der Waals surface area contributed by atoms with Gasteiger partial charge in [-0.05, 0) is 43.4 Å². The van der Waals surface area contributed by atoms with Crippen molar-refractivity contribution < 1.29 is 9.59 Å². The molecule has 0 radical (unpaired) electrons. The fraction of sp³-hybridized carbons (Fsp3) is 0.385. The molecule has 2 N–H and O–H groups in total. The first-order chi connectivity index (χ1) is 8.65. The molecule has 1 aromatic carbocycles. The Morgan fingerprint density at radius 2 is 2.00 bits per heavy atom. The van der Waals surface area contributed by atoms with Crippen LogP contribution in [-0.2, 0) is 0 Å². The number of benzene rings is 1. The summed E-state index contributed by atoms with van der Waals surface area (Å²) in [5, 5.41) is 5.69. The fourth-order valence-corrected chi connectivity index (χ4v) is 2.94. The molecule has 2 amide bonds. The topological polar surface area (TPSA) is 58.2 Å². The number of Topliss-reactive ketones (excluding diaryl/α,β-unsaturated/α-hetero) is 1. The number of nitrogens with one attached hydrogen (secondary N) is 2. The summed E-state index contributed by atoms with van der Waals surface area (Å²) in [6.07, 6.45) is 1.03. The van der Waals surface area contributed by atoms with Crippen molar-refractivity contribution in [1.29, 1.82) is 0 Å². The molecule has 5 heteroatoms. The van der Waals surface area contributed by atoms with Gasteiger partial charge in [-0.25, -0.2) is 4.79 Å². The van der Waals surface area contributed by atoms with Crippen molar-refractivity contribution in [3.05, 3.63) is 29.8 Å². The normalized spacial score (nSPS) is 18.4. The van der Waals surface area contributed by atoms with Gasteiger partial charge in [0, 0.05) is 23.0 Å². The molecule has 1 aliphatic heterocycles. The number of ketones is 1. The van der Waals surface area contributed by atoms with Gasteiger partial charge < -0.3 is 10.6 Å². The second-order valence-electron chi connectivity index (χ2n) is 4.29. The maximum Gasteiger partial charge on any atom is 0.319 e. The third-order valence-corrected chi connectivity index (χ3v) is 3.98. The zero-order valence-electron chi connectivity index (χ0n) is 10.2. The Balaban J connectivity index is 1.88. The van der Waals surface area contributed by atoms with E-state index in [1.54, 1.807) is 24.3 Å². The predicted molar refractivity (Wildman–Crippen MR) is 74.3 cm³/mol. The molecule has 0 unspecified atom stereocenters. The Kier molecular flexibility index (Phi) is 4.25. The van der Waals surface area contributed by atoms with Crippen LogP contribution in [0, 0.1) is 0 Å². The van der Waals surface area contributed by atoms with E-state index in [0.717, 1.165) is 17.9 Å². The monoisotopic (exact) mass is 264 g/mol. The van der Waals surface area contributed by atoms with Crippen LogP contribution >= 0.6 is 11.8 Å². The van der Waals surface area contributed by atoms with Crippen LogP contribution in [-0.4, -0.2) is 29.4 Å². The average molecular weight is 264 g/mol. The van der Waals surface area contributed by atoms with Crippen LogP contribution < -0.4 is 10.6 Å². The van der Waals surface area contributed by atoms with Crippen LogP contribution in [0.2, 0.25) is 0 Å². The van der Waals surface area contributed by atoms with E-state index >= 15 is 0 Å². The van der Waals surface area contributed by atoms with Gasteiger partial charge in [-0.2, -0.15) is 11.8 Å². The number of thioether (sulfide) groups is 1. The zero-order valence-corrected chi connectivity index (χ0v) is 11.0. The van der Waals surface area contributed by atoms with E-state index in [9.17, 15) is 9.59 Å². The van der Waals surface area contributed by atoms with Crippen LogP contribution in [0.15, 0.2) is 24.3 Å². The van der Waals surface area contributed by atoms with E-state index in [4.69, 9.17) is 0 Å². The number of rotatable bonds is 3. The highest BCUT2D eigenvalue weighted by Crippen LogP contribution is 2.17. The fourth-order valence-electron chi connectivity index (χ4n) is 1.79. The smallest absolute Gasteiger partial charge is 0.319 e. The molecule has 1 atom stereocenters. The van der Waals surface area contributed by atoms with Crippen LogP contribution in [0.25, 0.3) is 0 Å². The van der Waals surface area contributed by atoms with E-state index in [2.05, 4.69) is 10.6 Å². The van der Waals surface area contributed by atoms with E-state index < -0.39 is 0 Å². The molecule has 0 aromatic heterocycles. The number of carbonyl (C=O) groups is 2. The van der Waals surface area contributed by atoms with Gasteiger partial charge in [0.05, 0.1) is 0 Å². The molecule has 96 valence electrons. The first-order valence-corrected chi connectivity index (χ1v) is 7.07. The van der Waals surface area contributed by atoms with E-state index in [1.807, 2.05) is 11.8 Å². The molecule has 0 spiro atoms. The molecule has 1 fully saturated rings. The molecule has 4 nitrogen and oxygen atoms in total. The van der Waals surface area contributed by atoms with Crippen molar-refractivity contribution in [3.8, 4) is 0 Å². The first-order valence-electron chi connectivity index (χ1n) is 5.91. The molecule has 1 saturated heterocycles. The third-order valence-electron chi connectivity index (χ3n) is 2.81. The summed E-state index contributed by atoms with van der Waals surface area (Å²) < 4.78 is 0. The maximum atomic E-state index is 11.7. The summed E-state index contributed by atoms with van der Waals surface area (Å²) >= 11 is 1.86. The number of urea groups is 1. The van der Waals surface area contributed by atoms with Gasteiger partial charge in [0.1, 0.15) is 0 Å². The highest BCUT2D eigenvalue weighted by Gasteiger charge is 2.17. The van der Waals surface area contributed by atoms with Crippen LogP contribution in [0.3, 0.4) is 0 Å². The number of carbonyl (C=O) groups excluding carboxylic acids is 2. The van der Waals surface area contributed by atoms with Gasteiger partial charge in [0.2, 0.25) is 0 Å². The number of hydrogen-bond donors (Lipinski definition) is 2. The van der Waals surface area contributed by atoms with Gasteiger partial charge >= 0.3 is 6.03 Å². The lowest BCUT2D eigenvalue weighted by Gasteiger charge is -2.12. The van der Waals surface area contributed by atoms with Crippen molar-refractivity contribution >= 4 is 29.3 Å². The van der Waals surface area contributed by atoms with Crippen LogP contribution in [0.1, 0.15) is 23.7 Å². The SMILES string of the molecule is CC(=O)c1ccc(NC(=O)N[C@H]2CCSC2)cc1. The lowest BCUT2D eigenvalue weighted by molar-refractivity contribution is 0.101. The van der Waals surface area contributed by atoms with E-state index in [-0.39, 0.29) is 17.9 Å². The molecule has 0 bridgehead atoms. The van der Waals surface area contributed by atoms with E-state index in [0.29, 0.717) is 11.3 Å². The summed E-state index contributed by atoms with van der Waals surface area (Å²) in [6, 6.07) is 6.98. The molecule has 18 heavy (non-hydrogen) atoms. The lowest BCUT2D eigenvalue weighted by atomic mass is 10.1. The molecule has 1 heterocycles. The van der Waals surface area contributed by atoms with Crippen LogP contribution in [0.5, 0.6) is 0 Å². The van der Waals surface area contributed by atoms with Crippen molar-refractivity contribution in [2.75, 3.05) is 16.8 Å². The van der Waals surface area contributed by atoms with Crippen molar-refractivity contribution in [2.45, 2.75) is 19.4 Å². The van der Waals surface area contributed by atoms with Gasteiger partial charge in [-0.3, -0.25) is 4.79 Å². The second kappa shape index (κ2) is 5.91. The minimum absolute atomic E-state index is 0.0222. The Labute approximate surface area is 111 Å². The Bertz CT molecular complexity index is 439. The average Bonchev–Trinajstić information content (AvgIpc) is 2.82. The lowest BCUT2D eigenvalue weighted by Crippen LogP contribution is -2.37. The van der Waals surface area contributed by atoms with Crippen molar-refractivity contribution in [2.24, 2.45) is 0 Å². The molecular weight excluding hydrogens is 248 g/mol. The Hall–Kier alpha value is -1.49. The molecule has 2 rings (SSSR count). The first kappa shape index (κ1) is 13.0. The number of anilines is 1. The molecular formula is C13H16N2O2S. The summed E-state index contributed by atoms with van der Waals surface area (Å²) in [5.41, 5.74) is 1.34. The molecule has 1 aromatic rings. The number of amides is 2. The molecule has 0 saturated carbocycles. The minimum Gasteiger partial charge on any atom is -0.334 e. The second-order valence-corrected chi connectivity index (χ2v) is 5.44. The molecule has 0 aliphatic carbocycles. The van der Waals surface area contributed by atoms with Crippen molar-refractivity contribution in [3.63, 3.8) is 0 Å². The Morgan fingerprint density at radius 1 is 1.28 bits per heavy atom. The number of hydrogen-bond acceptors (Lipinski definition) is 3.